The van der Waals surface area contributed by atoms with Gasteiger partial charge in [-0.25, -0.2) is 4.68 Å². The molecule has 0 radical (unpaired) electrons. The van der Waals surface area contributed by atoms with Crippen molar-refractivity contribution in [1.82, 2.24) is 14.7 Å². The second kappa shape index (κ2) is 10.00. The third-order valence-electron chi connectivity index (χ3n) is 5.55. The zero-order chi connectivity index (χ0) is 25.2. The van der Waals surface area contributed by atoms with E-state index in [0.717, 1.165) is 11.4 Å². The van der Waals surface area contributed by atoms with Crippen LogP contribution in [0.25, 0.3) is 5.69 Å². The Balaban J connectivity index is 1.55. The van der Waals surface area contributed by atoms with Crippen LogP contribution < -0.4 is 14.8 Å². The maximum absolute atomic E-state index is 13.2. The lowest BCUT2D eigenvalue weighted by Crippen LogP contribution is -2.38. The SMILES string of the molecule is CCCN(CC(=O)Nc1cc(C(C)(C)C)nn1-c1ccc(Cl)cc1)C(=O)c1ccc2c(c1)OCO2. The fraction of sp³-hybridized carbons (Fsp3) is 0.346. The number of benzene rings is 2. The Kier molecular flexibility index (Phi) is 7.03. The quantitative estimate of drug-likeness (QED) is 0.495. The lowest BCUT2D eigenvalue weighted by molar-refractivity contribution is -0.116. The Bertz CT molecular complexity index is 1230. The highest BCUT2D eigenvalue weighted by Gasteiger charge is 2.24. The Morgan fingerprint density at radius 2 is 1.80 bits per heavy atom. The molecule has 0 atom stereocenters. The van der Waals surface area contributed by atoms with Gasteiger partial charge >= 0.3 is 0 Å². The first kappa shape index (κ1) is 24.6. The first-order valence-corrected chi connectivity index (χ1v) is 11.9. The lowest BCUT2D eigenvalue weighted by atomic mass is 9.92. The molecule has 0 bridgehead atoms. The molecule has 0 spiro atoms. The number of carbonyl (C=O) groups is 2. The van der Waals surface area contributed by atoms with Crippen LogP contribution in [0.15, 0.2) is 48.5 Å². The summed E-state index contributed by atoms with van der Waals surface area (Å²) in [6.45, 7) is 8.59. The number of carbonyl (C=O) groups excluding carboxylic acids is 2. The molecule has 1 aliphatic rings. The molecule has 3 aromatic rings. The van der Waals surface area contributed by atoms with Crippen LogP contribution in [0.1, 0.15) is 50.2 Å². The van der Waals surface area contributed by atoms with E-state index in [1.54, 1.807) is 35.0 Å². The summed E-state index contributed by atoms with van der Waals surface area (Å²) in [5, 5.41) is 8.27. The maximum atomic E-state index is 13.2. The molecule has 1 N–H and O–H groups in total. The van der Waals surface area contributed by atoms with Crippen LogP contribution in [-0.4, -0.2) is 46.4 Å². The monoisotopic (exact) mass is 496 g/mol. The smallest absolute Gasteiger partial charge is 0.254 e. The predicted molar refractivity (Wildman–Crippen MR) is 135 cm³/mol. The first-order valence-electron chi connectivity index (χ1n) is 11.5. The zero-order valence-corrected chi connectivity index (χ0v) is 21.1. The summed E-state index contributed by atoms with van der Waals surface area (Å²) < 4.78 is 12.4. The molecule has 0 unspecified atom stereocenters. The van der Waals surface area contributed by atoms with E-state index >= 15 is 0 Å². The number of amides is 2. The maximum Gasteiger partial charge on any atom is 0.254 e. The summed E-state index contributed by atoms with van der Waals surface area (Å²) in [6.07, 6.45) is 0.709. The average Bonchev–Trinajstić information content (AvgIpc) is 3.45. The van der Waals surface area contributed by atoms with E-state index < -0.39 is 0 Å². The van der Waals surface area contributed by atoms with E-state index in [9.17, 15) is 9.59 Å². The van der Waals surface area contributed by atoms with Crippen molar-refractivity contribution < 1.29 is 19.1 Å². The molecular formula is C26H29ClN4O4. The summed E-state index contributed by atoms with van der Waals surface area (Å²) in [5.74, 6) is 1.09. The van der Waals surface area contributed by atoms with Gasteiger partial charge in [0.05, 0.1) is 11.4 Å². The molecular weight excluding hydrogens is 468 g/mol. The fourth-order valence-corrected chi connectivity index (χ4v) is 3.83. The van der Waals surface area contributed by atoms with Gasteiger partial charge in [0.2, 0.25) is 12.7 Å². The van der Waals surface area contributed by atoms with Crippen molar-refractivity contribution in [2.75, 3.05) is 25.2 Å². The molecule has 4 rings (SSSR count). The number of hydrogen-bond donors (Lipinski definition) is 1. The van der Waals surface area contributed by atoms with Crippen molar-refractivity contribution in [3.05, 3.63) is 64.8 Å². The van der Waals surface area contributed by atoms with E-state index in [0.29, 0.717) is 40.9 Å². The van der Waals surface area contributed by atoms with Gasteiger partial charge in [-0.1, -0.05) is 39.3 Å². The van der Waals surface area contributed by atoms with Crippen LogP contribution in [0.5, 0.6) is 11.5 Å². The number of nitrogens with one attached hydrogen (secondary N) is 1. The highest BCUT2D eigenvalue weighted by Crippen LogP contribution is 2.33. The molecule has 35 heavy (non-hydrogen) atoms. The molecule has 0 saturated carbocycles. The Hall–Kier alpha value is -3.52. The molecule has 0 saturated heterocycles. The van der Waals surface area contributed by atoms with E-state index in [1.807, 2.05) is 25.1 Å². The van der Waals surface area contributed by atoms with Gasteiger partial charge in [0.15, 0.2) is 11.5 Å². The molecule has 184 valence electrons. The van der Waals surface area contributed by atoms with Crippen LogP contribution in [0, 0.1) is 0 Å². The zero-order valence-electron chi connectivity index (χ0n) is 20.3. The van der Waals surface area contributed by atoms with Crippen molar-refractivity contribution in [3.8, 4) is 17.2 Å². The van der Waals surface area contributed by atoms with Crippen LogP contribution in [0.4, 0.5) is 5.82 Å². The van der Waals surface area contributed by atoms with E-state index in [2.05, 4.69) is 26.1 Å². The average molecular weight is 497 g/mol. The number of anilines is 1. The molecule has 2 aromatic carbocycles. The summed E-state index contributed by atoms with van der Waals surface area (Å²) in [7, 11) is 0. The van der Waals surface area contributed by atoms with Crippen LogP contribution >= 0.6 is 11.6 Å². The highest BCUT2D eigenvalue weighted by molar-refractivity contribution is 6.30. The summed E-state index contributed by atoms with van der Waals surface area (Å²) in [5.41, 5.74) is 1.81. The third kappa shape index (κ3) is 5.59. The lowest BCUT2D eigenvalue weighted by Gasteiger charge is -2.22. The van der Waals surface area contributed by atoms with Crippen molar-refractivity contribution in [3.63, 3.8) is 0 Å². The van der Waals surface area contributed by atoms with Gasteiger partial charge in [-0.05, 0) is 48.9 Å². The molecule has 8 nitrogen and oxygen atoms in total. The van der Waals surface area contributed by atoms with E-state index in [4.69, 9.17) is 26.2 Å². The largest absolute Gasteiger partial charge is 0.454 e. The highest BCUT2D eigenvalue weighted by atomic mass is 35.5. The summed E-state index contributed by atoms with van der Waals surface area (Å²) in [4.78, 5) is 27.8. The Morgan fingerprint density at radius 1 is 1.09 bits per heavy atom. The van der Waals surface area contributed by atoms with Crippen LogP contribution in [0.2, 0.25) is 5.02 Å². The molecule has 2 amide bonds. The molecule has 1 aliphatic heterocycles. The van der Waals surface area contributed by atoms with Gasteiger partial charge in [-0.15, -0.1) is 0 Å². The number of aromatic nitrogens is 2. The van der Waals surface area contributed by atoms with Gasteiger partial charge in [0, 0.05) is 28.6 Å². The van der Waals surface area contributed by atoms with Crippen LogP contribution in [0.3, 0.4) is 0 Å². The summed E-state index contributed by atoms with van der Waals surface area (Å²) >= 11 is 6.05. The minimum absolute atomic E-state index is 0.0994. The third-order valence-corrected chi connectivity index (χ3v) is 5.80. The first-order chi connectivity index (χ1) is 16.7. The van der Waals surface area contributed by atoms with E-state index in [-0.39, 0.29) is 30.6 Å². The number of fused-ring (bicyclic) bond motifs is 1. The number of rotatable bonds is 7. The molecule has 2 heterocycles. The number of hydrogen-bond acceptors (Lipinski definition) is 5. The van der Waals surface area contributed by atoms with Gasteiger partial charge < -0.3 is 19.7 Å². The standard InChI is InChI=1S/C26H29ClN4O4/c1-5-12-30(25(33)17-6-11-20-21(13-17)35-16-34-20)15-24(32)28-23-14-22(26(2,3)4)29-31(23)19-9-7-18(27)8-10-19/h6-11,13-14H,5,12,15-16H2,1-4H3,(H,28,32). The Morgan fingerprint density at radius 3 is 2.49 bits per heavy atom. The number of halogens is 1. The van der Waals surface area contributed by atoms with Crippen molar-refractivity contribution in [1.29, 1.82) is 0 Å². The van der Waals surface area contributed by atoms with Gasteiger partial charge in [-0.2, -0.15) is 5.10 Å². The summed E-state index contributed by atoms with van der Waals surface area (Å²) in [6, 6.07) is 14.1. The number of nitrogens with zero attached hydrogens (tertiary/aromatic N) is 3. The molecule has 1 aromatic heterocycles. The van der Waals surface area contributed by atoms with Crippen molar-refractivity contribution in [2.45, 2.75) is 39.5 Å². The normalized spacial score (nSPS) is 12.5. The second-order valence-corrected chi connectivity index (χ2v) is 9.83. The van der Waals surface area contributed by atoms with Crippen molar-refractivity contribution in [2.24, 2.45) is 0 Å². The van der Waals surface area contributed by atoms with E-state index in [1.165, 1.54) is 4.90 Å². The number of ether oxygens (including phenoxy) is 2. The van der Waals surface area contributed by atoms with Gasteiger partial charge in [0.1, 0.15) is 12.4 Å². The Labute approximate surface area is 209 Å². The predicted octanol–water partition coefficient (Wildman–Crippen LogP) is 5.04. The molecule has 0 fully saturated rings. The van der Waals surface area contributed by atoms with Crippen molar-refractivity contribution >= 4 is 29.2 Å². The topological polar surface area (TPSA) is 85.7 Å². The fourth-order valence-electron chi connectivity index (χ4n) is 3.71. The second-order valence-electron chi connectivity index (χ2n) is 9.40. The molecule has 9 heteroatoms. The minimum Gasteiger partial charge on any atom is -0.454 e. The van der Waals surface area contributed by atoms with Gasteiger partial charge in [0.25, 0.3) is 5.91 Å². The minimum atomic E-state index is -0.317. The van der Waals surface area contributed by atoms with Gasteiger partial charge in [-0.3, -0.25) is 9.59 Å². The molecule has 0 aliphatic carbocycles. The van der Waals surface area contributed by atoms with Crippen LogP contribution in [-0.2, 0) is 10.2 Å².